The van der Waals surface area contributed by atoms with Gasteiger partial charge in [-0.15, -0.1) is 0 Å². The van der Waals surface area contributed by atoms with Crippen LogP contribution in [-0.4, -0.2) is 43.3 Å². The summed E-state index contributed by atoms with van der Waals surface area (Å²) in [4.78, 5) is 2.37. The fourth-order valence-electron chi connectivity index (χ4n) is 2.00. The number of piperidine rings is 1. The van der Waals surface area contributed by atoms with Crippen LogP contribution in [0.4, 0.5) is 4.39 Å². The van der Waals surface area contributed by atoms with Crippen molar-refractivity contribution in [3.8, 4) is 0 Å². The molecule has 0 atom stereocenters. The number of hydrogen-bond donors (Lipinski definition) is 1. The Labute approximate surface area is 80.5 Å². The number of halogens is 1. The number of nitrogens with one attached hydrogen (secondary N) is 1. The second-order valence-electron chi connectivity index (χ2n) is 4.50. The summed E-state index contributed by atoms with van der Waals surface area (Å²) in [5, 5.41) is 3.18. The van der Waals surface area contributed by atoms with Crippen LogP contribution in [0, 0.1) is 0 Å². The minimum absolute atomic E-state index is 0.162. The van der Waals surface area contributed by atoms with Gasteiger partial charge < -0.3 is 5.32 Å². The standard InChI is InChI=1S/C10H21FN2/c1-10(2,8-12-3)13-6-4-9(11)5-7-13/h9,12H,4-8H2,1-3H3. The van der Waals surface area contributed by atoms with E-state index in [4.69, 9.17) is 0 Å². The summed E-state index contributed by atoms with van der Waals surface area (Å²) in [5.74, 6) is 0. The van der Waals surface area contributed by atoms with Gasteiger partial charge >= 0.3 is 0 Å². The van der Waals surface area contributed by atoms with Crippen molar-refractivity contribution in [2.24, 2.45) is 0 Å². The third kappa shape index (κ3) is 2.92. The first-order valence-corrected chi connectivity index (χ1v) is 5.10. The molecule has 0 aromatic heterocycles. The highest BCUT2D eigenvalue weighted by molar-refractivity contribution is 4.86. The summed E-state index contributed by atoms with van der Waals surface area (Å²) in [6.07, 6.45) is 0.835. The Balaban J connectivity index is 2.42. The van der Waals surface area contributed by atoms with E-state index < -0.39 is 6.17 Å². The van der Waals surface area contributed by atoms with Crippen molar-refractivity contribution in [2.75, 3.05) is 26.7 Å². The van der Waals surface area contributed by atoms with E-state index in [9.17, 15) is 4.39 Å². The topological polar surface area (TPSA) is 15.3 Å². The predicted octanol–water partition coefficient (Wildman–Crippen LogP) is 1.42. The fourth-order valence-corrected chi connectivity index (χ4v) is 2.00. The predicted molar refractivity (Wildman–Crippen MR) is 53.7 cm³/mol. The maximum Gasteiger partial charge on any atom is 0.103 e. The molecule has 0 aromatic rings. The second kappa shape index (κ2) is 4.38. The van der Waals surface area contributed by atoms with Gasteiger partial charge in [-0.3, -0.25) is 4.90 Å². The van der Waals surface area contributed by atoms with Crippen LogP contribution in [-0.2, 0) is 0 Å². The summed E-state index contributed by atoms with van der Waals surface area (Å²) in [6.45, 7) is 7.18. The minimum atomic E-state index is -0.568. The lowest BCUT2D eigenvalue weighted by atomic mass is 9.98. The lowest BCUT2D eigenvalue weighted by Gasteiger charge is -2.41. The Morgan fingerprint density at radius 2 is 1.92 bits per heavy atom. The maximum absolute atomic E-state index is 12.9. The van der Waals surface area contributed by atoms with Crippen LogP contribution in [0.1, 0.15) is 26.7 Å². The van der Waals surface area contributed by atoms with Crippen molar-refractivity contribution in [3.63, 3.8) is 0 Å². The normalized spacial score (nSPS) is 22.2. The average molecular weight is 188 g/mol. The molecule has 1 saturated heterocycles. The van der Waals surface area contributed by atoms with E-state index in [1.807, 2.05) is 7.05 Å². The van der Waals surface area contributed by atoms with Crippen LogP contribution in [0.3, 0.4) is 0 Å². The summed E-state index contributed by atoms with van der Waals surface area (Å²) < 4.78 is 12.9. The molecule has 1 aliphatic rings. The largest absolute Gasteiger partial charge is 0.318 e. The van der Waals surface area contributed by atoms with Gasteiger partial charge in [0.15, 0.2) is 0 Å². The highest BCUT2D eigenvalue weighted by Crippen LogP contribution is 2.21. The molecule has 0 bridgehead atoms. The zero-order valence-electron chi connectivity index (χ0n) is 8.94. The summed E-state index contributed by atoms with van der Waals surface area (Å²) in [5.41, 5.74) is 0.162. The number of hydrogen-bond acceptors (Lipinski definition) is 2. The molecule has 0 radical (unpaired) electrons. The molecule has 3 heteroatoms. The van der Waals surface area contributed by atoms with Crippen molar-refractivity contribution >= 4 is 0 Å². The molecule has 1 aliphatic heterocycles. The Morgan fingerprint density at radius 3 is 2.38 bits per heavy atom. The molecule has 0 spiro atoms. The Bertz CT molecular complexity index is 151. The molecule has 0 aromatic carbocycles. The third-order valence-corrected chi connectivity index (χ3v) is 2.89. The van der Waals surface area contributed by atoms with Gasteiger partial charge in [-0.2, -0.15) is 0 Å². The van der Waals surface area contributed by atoms with E-state index in [0.717, 1.165) is 19.6 Å². The van der Waals surface area contributed by atoms with Gasteiger partial charge in [-0.25, -0.2) is 4.39 Å². The Hall–Kier alpha value is -0.150. The van der Waals surface area contributed by atoms with Crippen molar-refractivity contribution in [3.05, 3.63) is 0 Å². The van der Waals surface area contributed by atoms with Crippen LogP contribution in [0.25, 0.3) is 0 Å². The smallest absolute Gasteiger partial charge is 0.103 e. The van der Waals surface area contributed by atoms with Crippen molar-refractivity contribution in [1.29, 1.82) is 0 Å². The molecule has 1 fully saturated rings. The van der Waals surface area contributed by atoms with Crippen molar-refractivity contribution in [1.82, 2.24) is 10.2 Å². The Kier molecular flexibility index (Phi) is 3.68. The van der Waals surface area contributed by atoms with Crippen LogP contribution < -0.4 is 5.32 Å². The molecule has 0 aliphatic carbocycles. The van der Waals surface area contributed by atoms with Gasteiger partial charge in [0, 0.05) is 25.2 Å². The van der Waals surface area contributed by atoms with Crippen LogP contribution >= 0.6 is 0 Å². The van der Waals surface area contributed by atoms with E-state index in [2.05, 4.69) is 24.1 Å². The molecule has 1 heterocycles. The minimum Gasteiger partial charge on any atom is -0.318 e. The number of alkyl halides is 1. The molecule has 1 rings (SSSR count). The molecular weight excluding hydrogens is 167 g/mol. The highest BCUT2D eigenvalue weighted by Gasteiger charge is 2.29. The zero-order valence-corrected chi connectivity index (χ0v) is 8.94. The van der Waals surface area contributed by atoms with Gasteiger partial charge in [0.2, 0.25) is 0 Å². The zero-order chi connectivity index (χ0) is 9.90. The van der Waals surface area contributed by atoms with E-state index >= 15 is 0 Å². The average Bonchev–Trinajstić information content (AvgIpc) is 2.05. The first kappa shape index (κ1) is 10.9. The lowest BCUT2D eigenvalue weighted by Crippen LogP contribution is -2.53. The van der Waals surface area contributed by atoms with E-state index in [0.29, 0.717) is 12.8 Å². The summed E-state index contributed by atoms with van der Waals surface area (Å²) in [6, 6.07) is 0. The molecule has 78 valence electrons. The van der Waals surface area contributed by atoms with Crippen LogP contribution in [0.5, 0.6) is 0 Å². The van der Waals surface area contributed by atoms with Gasteiger partial charge in [-0.05, 0) is 33.7 Å². The van der Waals surface area contributed by atoms with E-state index in [1.54, 1.807) is 0 Å². The summed E-state index contributed by atoms with van der Waals surface area (Å²) in [7, 11) is 1.96. The number of likely N-dealkylation sites (tertiary alicyclic amines) is 1. The molecule has 2 nitrogen and oxygen atoms in total. The van der Waals surface area contributed by atoms with Crippen LogP contribution in [0.15, 0.2) is 0 Å². The van der Waals surface area contributed by atoms with Gasteiger partial charge in [0.25, 0.3) is 0 Å². The van der Waals surface area contributed by atoms with Crippen molar-refractivity contribution < 1.29 is 4.39 Å². The fraction of sp³-hybridized carbons (Fsp3) is 1.00. The van der Waals surface area contributed by atoms with Gasteiger partial charge in [0.05, 0.1) is 0 Å². The van der Waals surface area contributed by atoms with E-state index in [1.165, 1.54) is 0 Å². The quantitative estimate of drug-likeness (QED) is 0.720. The van der Waals surface area contributed by atoms with Gasteiger partial charge in [0.1, 0.15) is 6.17 Å². The second-order valence-corrected chi connectivity index (χ2v) is 4.50. The highest BCUT2D eigenvalue weighted by atomic mass is 19.1. The van der Waals surface area contributed by atoms with Crippen molar-refractivity contribution in [2.45, 2.75) is 38.4 Å². The molecular formula is C10H21FN2. The monoisotopic (exact) mass is 188 g/mol. The molecule has 13 heavy (non-hydrogen) atoms. The van der Waals surface area contributed by atoms with E-state index in [-0.39, 0.29) is 5.54 Å². The molecule has 1 N–H and O–H groups in total. The first-order valence-electron chi connectivity index (χ1n) is 5.10. The maximum atomic E-state index is 12.9. The molecule has 0 amide bonds. The van der Waals surface area contributed by atoms with Crippen LogP contribution in [0.2, 0.25) is 0 Å². The van der Waals surface area contributed by atoms with Gasteiger partial charge in [-0.1, -0.05) is 0 Å². The third-order valence-electron chi connectivity index (χ3n) is 2.89. The first-order chi connectivity index (χ1) is 6.06. The number of likely N-dealkylation sites (N-methyl/N-ethyl adjacent to an activating group) is 1. The SMILES string of the molecule is CNCC(C)(C)N1CCC(F)CC1. The Morgan fingerprint density at radius 1 is 1.38 bits per heavy atom. The molecule has 0 saturated carbocycles. The molecule has 0 unspecified atom stereocenters. The lowest BCUT2D eigenvalue weighted by molar-refractivity contribution is 0.0639. The number of rotatable bonds is 3. The summed E-state index contributed by atoms with van der Waals surface area (Å²) >= 11 is 0. The number of nitrogens with zero attached hydrogens (tertiary/aromatic N) is 1.